The second-order valence-corrected chi connectivity index (χ2v) is 7.02. The first kappa shape index (κ1) is 15.0. The third kappa shape index (κ3) is 3.39. The summed E-state index contributed by atoms with van der Waals surface area (Å²) in [6.07, 6.45) is 12.6. The Hall–Kier alpha value is -0.370. The van der Waals surface area contributed by atoms with Gasteiger partial charge in [-0.25, -0.2) is 0 Å². The van der Waals surface area contributed by atoms with Gasteiger partial charge in [0.05, 0.1) is 0 Å². The molecule has 0 bridgehead atoms. The molecule has 0 aromatic carbocycles. The van der Waals surface area contributed by atoms with Gasteiger partial charge >= 0.3 is 0 Å². The first-order valence-corrected chi connectivity index (χ1v) is 8.36. The first-order chi connectivity index (χ1) is 9.17. The fourth-order valence-electron chi connectivity index (χ4n) is 4.16. The van der Waals surface area contributed by atoms with Gasteiger partial charge in [-0.1, -0.05) is 46.0 Å². The van der Waals surface area contributed by atoms with E-state index in [4.69, 9.17) is 0 Å². The molecule has 0 atom stereocenters. The monoisotopic (exact) mass is 265 g/mol. The lowest BCUT2D eigenvalue weighted by molar-refractivity contribution is -0.119. The largest absolute Gasteiger partial charge is 0.303 e. The van der Waals surface area contributed by atoms with Gasteiger partial charge in [0.25, 0.3) is 0 Å². The lowest BCUT2D eigenvalue weighted by Crippen LogP contribution is -2.46. The quantitative estimate of drug-likeness (QED) is 0.699. The number of hydrogen-bond donors (Lipinski definition) is 0. The molecule has 1 aliphatic heterocycles. The van der Waals surface area contributed by atoms with Crippen LogP contribution in [0.15, 0.2) is 0 Å². The zero-order valence-corrected chi connectivity index (χ0v) is 12.9. The first-order valence-electron chi connectivity index (χ1n) is 8.36. The molecule has 0 unspecified atom stereocenters. The van der Waals surface area contributed by atoms with Gasteiger partial charge in [0.2, 0.25) is 0 Å². The van der Waals surface area contributed by atoms with Crippen molar-refractivity contribution >= 4 is 6.29 Å². The van der Waals surface area contributed by atoms with E-state index in [-0.39, 0.29) is 5.41 Å². The van der Waals surface area contributed by atoms with Gasteiger partial charge in [-0.2, -0.15) is 0 Å². The standard InChI is InChI=1S/C17H31NO/c1-3-16(4-2)10-12-18(13-11-16)14-17(15-19)8-6-5-7-9-17/h15H,3-14H2,1-2H3. The van der Waals surface area contributed by atoms with Gasteiger partial charge in [0.1, 0.15) is 6.29 Å². The van der Waals surface area contributed by atoms with Gasteiger partial charge in [0, 0.05) is 12.0 Å². The molecule has 2 rings (SSSR count). The van der Waals surface area contributed by atoms with E-state index in [1.165, 1.54) is 64.3 Å². The van der Waals surface area contributed by atoms with E-state index < -0.39 is 0 Å². The minimum Gasteiger partial charge on any atom is -0.303 e. The summed E-state index contributed by atoms with van der Waals surface area (Å²) in [5.74, 6) is 0. The average Bonchev–Trinajstić information content (AvgIpc) is 2.49. The van der Waals surface area contributed by atoms with Crippen LogP contribution in [0.25, 0.3) is 0 Å². The van der Waals surface area contributed by atoms with E-state index in [2.05, 4.69) is 18.7 Å². The molecule has 0 amide bonds. The summed E-state index contributed by atoms with van der Waals surface area (Å²) in [7, 11) is 0. The van der Waals surface area contributed by atoms with Crippen molar-refractivity contribution in [3.63, 3.8) is 0 Å². The highest BCUT2D eigenvalue weighted by Crippen LogP contribution is 2.40. The molecule has 1 aliphatic carbocycles. The Labute approximate surface area is 118 Å². The highest BCUT2D eigenvalue weighted by atomic mass is 16.1. The molecule has 2 nitrogen and oxygen atoms in total. The Morgan fingerprint density at radius 1 is 0.947 bits per heavy atom. The average molecular weight is 265 g/mol. The molecule has 2 heteroatoms. The number of likely N-dealkylation sites (tertiary alicyclic amines) is 1. The van der Waals surface area contributed by atoms with E-state index in [1.807, 2.05) is 0 Å². The van der Waals surface area contributed by atoms with Crippen molar-refractivity contribution in [2.24, 2.45) is 10.8 Å². The van der Waals surface area contributed by atoms with Crippen molar-refractivity contribution in [2.45, 2.75) is 71.6 Å². The van der Waals surface area contributed by atoms with Crippen LogP contribution in [0, 0.1) is 10.8 Å². The van der Waals surface area contributed by atoms with Crippen LogP contribution >= 0.6 is 0 Å². The predicted octanol–water partition coefficient (Wildman–Crippen LogP) is 4.04. The van der Waals surface area contributed by atoms with Crippen LogP contribution in [0.3, 0.4) is 0 Å². The summed E-state index contributed by atoms with van der Waals surface area (Å²) in [5, 5.41) is 0. The molecule has 0 aromatic rings. The highest BCUT2D eigenvalue weighted by Gasteiger charge is 2.37. The highest BCUT2D eigenvalue weighted by molar-refractivity contribution is 5.60. The molecule has 0 radical (unpaired) electrons. The Kier molecular flexibility index (Phi) is 5.05. The van der Waals surface area contributed by atoms with Crippen molar-refractivity contribution in [3.8, 4) is 0 Å². The summed E-state index contributed by atoms with van der Waals surface area (Å²) in [6.45, 7) is 8.12. The lowest BCUT2D eigenvalue weighted by atomic mass is 9.72. The van der Waals surface area contributed by atoms with Crippen molar-refractivity contribution in [3.05, 3.63) is 0 Å². The van der Waals surface area contributed by atoms with E-state index in [1.54, 1.807) is 0 Å². The minimum atomic E-state index is -0.00329. The van der Waals surface area contributed by atoms with Crippen molar-refractivity contribution in [1.82, 2.24) is 4.90 Å². The molecular formula is C17H31NO. The molecule has 1 saturated carbocycles. The number of rotatable bonds is 5. The number of hydrogen-bond acceptors (Lipinski definition) is 2. The topological polar surface area (TPSA) is 20.3 Å². The molecule has 2 fully saturated rings. The zero-order chi connectivity index (χ0) is 13.8. The number of carbonyl (C=O) groups is 1. The molecule has 1 saturated heterocycles. The number of piperidine rings is 1. The van der Waals surface area contributed by atoms with Crippen LogP contribution in [-0.2, 0) is 4.79 Å². The molecule has 0 spiro atoms. The maximum absolute atomic E-state index is 11.6. The number of carbonyl (C=O) groups excluding carboxylic acids is 1. The third-order valence-electron chi connectivity index (χ3n) is 6.05. The summed E-state index contributed by atoms with van der Waals surface area (Å²) < 4.78 is 0. The second-order valence-electron chi connectivity index (χ2n) is 7.02. The zero-order valence-electron chi connectivity index (χ0n) is 12.9. The minimum absolute atomic E-state index is 0.00329. The summed E-state index contributed by atoms with van der Waals surface area (Å²) >= 11 is 0. The second kappa shape index (κ2) is 6.39. The van der Waals surface area contributed by atoms with Gasteiger partial charge in [-0.15, -0.1) is 0 Å². The molecule has 2 aliphatic rings. The van der Waals surface area contributed by atoms with E-state index in [9.17, 15) is 4.79 Å². The van der Waals surface area contributed by atoms with E-state index in [0.717, 1.165) is 19.4 Å². The Balaban J connectivity index is 1.89. The molecule has 110 valence electrons. The van der Waals surface area contributed by atoms with E-state index >= 15 is 0 Å². The number of nitrogens with zero attached hydrogens (tertiary/aromatic N) is 1. The summed E-state index contributed by atoms with van der Waals surface area (Å²) in [4.78, 5) is 14.1. The van der Waals surface area contributed by atoms with Gasteiger partial charge in [-0.3, -0.25) is 0 Å². The molecule has 0 N–H and O–H groups in total. The number of aldehydes is 1. The Morgan fingerprint density at radius 3 is 2.00 bits per heavy atom. The van der Waals surface area contributed by atoms with Crippen LogP contribution in [0.4, 0.5) is 0 Å². The van der Waals surface area contributed by atoms with Crippen molar-refractivity contribution < 1.29 is 4.79 Å². The SMILES string of the molecule is CCC1(CC)CCN(CC2(C=O)CCCCC2)CC1. The fourth-order valence-corrected chi connectivity index (χ4v) is 4.16. The predicted molar refractivity (Wildman–Crippen MR) is 80.3 cm³/mol. The molecule has 0 aromatic heterocycles. The molecule has 19 heavy (non-hydrogen) atoms. The maximum atomic E-state index is 11.6. The lowest BCUT2D eigenvalue weighted by Gasteiger charge is -2.44. The Morgan fingerprint density at radius 2 is 1.53 bits per heavy atom. The van der Waals surface area contributed by atoms with Crippen LogP contribution in [0.2, 0.25) is 0 Å². The Bertz CT molecular complexity index is 280. The van der Waals surface area contributed by atoms with Gasteiger partial charge in [0.15, 0.2) is 0 Å². The van der Waals surface area contributed by atoms with Crippen LogP contribution in [0.1, 0.15) is 71.6 Å². The third-order valence-corrected chi connectivity index (χ3v) is 6.05. The maximum Gasteiger partial charge on any atom is 0.127 e. The van der Waals surface area contributed by atoms with Gasteiger partial charge in [-0.05, 0) is 44.2 Å². The molecule has 1 heterocycles. The summed E-state index contributed by atoms with van der Waals surface area (Å²) in [6, 6.07) is 0. The van der Waals surface area contributed by atoms with E-state index in [0.29, 0.717) is 5.41 Å². The van der Waals surface area contributed by atoms with Crippen LogP contribution < -0.4 is 0 Å². The van der Waals surface area contributed by atoms with Crippen molar-refractivity contribution in [2.75, 3.05) is 19.6 Å². The normalized spacial score (nSPS) is 27.1. The van der Waals surface area contributed by atoms with Crippen molar-refractivity contribution in [1.29, 1.82) is 0 Å². The van der Waals surface area contributed by atoms with Crippen LogP contribution in [-0.4, -0.2) is 30.8 Å². The van der Waals surface area contributed by atoms with Crippen LogP contribution in [0.5, 0.6) is 0 Å². The smallest absolute Gasteiger partial charge is 0.127 e. The fraction of sp³-hybridized carbons (Fsp3) is 0.941. The van der Waals surface area contributed by atoms with Gasteiger partial charge < -0.3 is 9.69 Å². The molecular weight excluding hydrogens is 234 g/mol. The summed E-state index contributed by atoms with van der Waals surface area (Å²) in [5.41, 5.74) is 0.591.